The van der Waals surface area contributed by atoms with E-state index in [1.807, 2.05) is 0 Å². The Labute approximate surface area is 119 Å². The van der Waals surface area contributed by atoms with Crippen LogP contribution in [-0.4, -0.2) is 18.3 Å². The monoisotopic (exact) mass is 313 g/mol. The molecule has 1 aromatic heterocycles. The van der Waals surface area contributed by atoms with Gasteiger partial charge in [-0.1, -0.05) is 23.7 Å². The van der Waals surface area contributed by atoms with Gasteiger partial charge in [-0.2, -0.15) is 0 Å². The molecule has 0 bridgehead atoms. The van der Waals surface area contributed by atoms with E-state index in [1.165, 1.54) is 30.5 Å². The smallest absolute Gasteiger partial charge is 0.279 e. The van der Waals surface area contributed by atoms with Crippen molar-refractivity contribution in [3.8, 4) is 0 Å². The molecular weight excluding hydrogens is 306 g/mol. The number of hydrogen-bond acceptors (Lipinski definition) is 5. The first kappa shape index (κ1) is 14.2. The van der Waals surface area contributed by atoms with Gasteiger partial charge in [-0.25, -0.2) is 13.4 Å². The van der Waals surface area contributed by atoms with Gasteiger partial charge in [0.05, 0.1) is 10.6 Å². The van der Waals surface area contributed by atoms with Gasteiger partial charge < -0.3 is 0 Å². The standard InChI is InChI=1S/C11H8ClN3O4S/c12-11-7-8(5-6-13-11)14-20(18,19)10-4-2-1-3-9(10)15(16)17/h1-7H,(H,13,14). The summed E-state index contributed by atoms with van der Waals surface area (Å²) in [6.45, 7) is 0. The first-order valence-electron chi connectivity index (χ1n) is 5.28. The van der Waals surface area contributed by atoms with Crippen molar-refractivity contribution in [3.05, 3.63) is 57.9 Å². The number of benzene rings is 1. The summed E-state index contributed by atoms with van der Waals surface area (Å²) in [5.41, 5.74) is -0.330. The van der Waals surface area contributed by atoms with Crippen molar-refractivity contribution in [3.63, 3.8) is 0 Å². The molecule has 104 valence electrons. The molecule has 20 heavy (non-hydrogen) atoms. The second-order valence-corrected chi connectivity index (χ2v) is 5.74. The van der Waals surface area contributed by atoms with Crippen LogP contribution in [0.25, 0.3) is 0 Å². The van der Waals surface area contributed by atoms with Crippen LogP contribution in [0.4, 0.5) is 11.4 Å². The van der Waals surface area contributed by atoms with Crippen LogP contribution in [0.3, 0.4) is 0 Å². The summed E-state index contributed by atoms with van der Waals surface area (Å²) >= 11 is 5.65. The van der Waals surface area contributed by atoms with Crippen molar-refractivity contribution in [2.24, 2.45) is 0 Å². The van der Waals surface area contributed by atoms with E-state index in [0.717, 1.165) is 12.1 Å². The molecule has 2 rings (SSSR count). The van der Waals surface area contributed by atoms with Crippen molar-refractivity contribution in [1.82, 2.24) is 4.98 Å². The number of sulfonamides is 1. The molecular formula is C11H8ClN3O4S. The lowest BCUT2D eigenvalue weighted by atomic mass is 10.3. The molecule has 0 radical (unpaired) electrons. The van der Waals surface area contributed by atoms with Crippen LogP contribution in [0, 0.1) is 10.1 Å². The normalized spacial score (nSPS) is 11.1. The molecule has 0 aliphatic carbocycles. The van der Waals surface area contributed by atoms with Crippen LogP contribution < -0.4 is 4.72 Å². The predicted octanol–water partition coefficient (Wildman–Crippen LogP) is 2.44. The highest BCUT2D eigenvalue weighted by molar-refractivity contribution is 7.92. The Morgan fingerprint density at radius 1 is 1.25 bits per heavy atom. The van der Waals surface area contributed by atoms with E-state index in [2.05, 4.69) is 9.71 Å². The average Bonchev–Trinajstić information content (AvgIpc) is 2.38. The number of anilines is 1. The first-order valence-corrected chi connectivity index (χ1v) is 7.14. The van der Waals surface area contributed by atoms with Crippen LogP contribution in [0.15, 0.2) is 47.5 Å². The van der Waals surface area contributed by atoms with Gasteiger partial charge in [0.2, 0.25) is 0 Å². The third kappa shape index (κ3) is 3.03. The molecule has 1 aromatic carbocycles. The molecule has 1 heterocycles. The Balaban J connectivity index is 2.44. The van der Waals surface area contributed by atoms with Crippen LogP contribution in [0.5, 0.6) is 0 Å². The van der Waals surface area contributed by atoms with E-state index in [1.54, 1.807) is 0 Å². The second-order valence-electron chi connectivity index (χ2n) is 3.70. The summed E-state index contributed by atoms with van der Waals surface area (Å²) in [4.78, 5) is 13.4. The molecule has 9 heteroatoms. The Morgan fingerprint density at radius 2 is 1.95 bits per heavy atom. The number of nitrogens with zero attached hydrogens (tertiary/aromatic N) is 2. The Bertz CT molecular complexity index is 764. The highest BCUT2D eigenvalue weighted by Gasteiger charge is 2.25. The van der Waals surface area contributed by atoms with Gasteiger partial charge in [-0.15, -0.1) is 0 Å². The Hall–Kier alpha value is -2.19. The maximum absolute atomic E-state index is 12.2. The zero-order chi connectivity index (χ0) is 14.8. The van der Waals surface area contributed by atoms with Crippen molar-refractivity contribution in [2.75, 3.05) is 4.72 Å². The second kappa shape index (κ2) is 5.43. The fourth-order valence-electron chi connectivity index (χ4n) is 1.51. The topological polar surface area (TPSA) is 102 Å². The molecule has 0 atom stereocenters. The van der Waals surface area contributed by atoms with Gasteiger partial charge >= 0.3 is 0 Å². The van der Waals surface area contributed by atoms with Crippen LogP contribution in [0.1, 0.15) is 0 Å². The largest absolute Gasteiger partial charge is 0.289 e. The minimum Gasteiger partial charge on any atom is -0.279 e. The van der Waals surface area contributed by atoms with Gasteiger partial charge in [-0.05, 0) is 18.2 Å². The SMILES string of the molecule is O=[N+]([O-])c1ccccc1S(=O)(=O)Nc1ccnc(Cl)c1. The number of halogens is 1. The molecule has 0 amide bonds. The molecule has 1 N–H and O–H groups in total. The Morgan fingerprint density at radius 3 is 2.60 bits per heavy atom. The molecule has 0 unspecified atom stereocenters. The van der Waals surface area contributed by atoms with Crippen molar-refractivity contribution in [1.29, 1.82) is 0 Å². The molecule has 0 fully saturated rings. The number of rotatable bonds is 4. The van der Waals surface area contributed by atoms with Crippen molar-refractivity contribution < 1.29 is 13.3 Å². The molecule has 0 aliphatic heterocycles. The van der Waals surface area contributed by atoms with Crippen LogP contribution in [0.2, 0.25) is 5.15 Å². The summed E-state index contributed by atoms with van der Waals surface area (Å²) in [6.07, 6.45) is 1.32. The minimum atomic E-state index is -4.08. The summed E-state index contributed by atoms with van der Waals surface area (Å²) in [6, 6.07) is 7.75. The number of nitro benzene ring substituents is 1. The van der Waals surface area contributed by atoms with Crippen LogP contribution in [-0.2, 0) is 10.0 Å². The molecule has 0 spiro atoms. The van der Waals surface area contributed by atoms with Gasteiger partial charge in [-0.3, -0.25) is 14.8 Å². The third-order valence-electron chi connectivity index (χ3n) is 2.33. The van der Waals surface area contributed by atoms with Crippen LogP contribution >= 0.6 is 11.6 Å². The number of para-hydroxylation sites is 1. The molecule has 0 saturated carbocycles. The van der Waals surface area contributed by atoms with Gasteiger partial charge in [0, 0.05) is 12.3 Å². The summed E-state index contributed by atoms with van der Waals surface area (Å²) in [7, 11) is -4.08. The molecule has 7 nitrogen and oxygen atoms in total. The lowest BCUT2D eigenvalue weighted by Crippen LogP contribution is -2.14. The third-order valence-corrected chi connectivity index (χ3v) is 3.97. The minimum absolute atomic E-state index is 0.104. The number of nitrogens with one attached hydrogen (secondary N) is 1. The maximum atomic E-state index is 12.2. The van der Waals surface area contributed by atoms with E-state index in [0.29, 0.717) is 0 Å². The zero-order valence-corrected chi connectivity index (χ0v) is 11.4. The Kier molecular flexibility index (Phi) is 3.86. The highest BCUT2D eigenvalue weighted by atomic mass is 35.5. The number of pyridine rings is 1. The van der Waals surface area contributed by atoms with Crippen molar-refractivity contribution in [2.45, 2.75) is 4.90 Å². The first-order chi connectivity index (χ1) is 9.40. The van der Waals surface area contributed by atoms with Gasteiger partial charge in [0.1, 0.15) is 5.15 Å². The van der Waals surface area contributed by atoms with Gasteiger partial charge in [0.15, 0.2) is 4.90 Å². The molecule has 2 aromatic rings. The number of nitro groups is 1. The number of aromatic nitrogens is 1. The summed E-state index contributed by atoms with van der Waals surface area (Å²) in [5.74, 6) is 0. The fourth-order valence-corrected chi connectivity index (χ4v) is 2.91. The predicted molar refractivity (Wildman–Crippen MR) is 73.2 cm³/mol. The van der Waals surface area contributed by atoms with E-state index in [-0.39, 0.29) is 10.8 Å². The average molecular weight is 314 g/mol. The molecule has 0 aliphatic rings. The lowest BCUT2D eigenvalue weighted by Gasteiger charge is -2.08. The van der Waals surface area contributed by atoms with Crippen molar-refractivity contribution >= 4 is 33.0 Å². The van der Waals surface area contributed by atoms with E-state index >= 15 is 0 Å². The zero-order valence-electron chi connectivity index (χ0n) is 9.86. The summed E-state index contributed by atoms with van der Waals surface area (Å²) in [5, 5.41) is 11.0. The highest BCUT2D eigenvalue weighted by Crippen LogP contribution is 2.25. The lowest BCUT2D eigenvalue weighted by molar-refractivity contribution is -0.387. The summed E-state index contributed by atoms with van der Waals surface area (Å²) < 4.78 is 26.5. The molecule has 0 saturated heterocycles. The maximum Gasteiger partial charge on any atom is 0.289 e. The van der Waals surface area contributed by atoms with E-state index < -0.39 is 25.5 Å². The number of hydrogen-bond donors (Lipinski definition) is 1. The van der Waals surface area contributed by atoms with E-state index in [9.17, 15) is 18.5 Å². The van der Waals surface area contributed by atoms with E-state index in [4.69, 9.17) is 11.6 Å². The quantitative estimate of drug-likeness (QED) is 0.530. The van der Waals surface area contributed by atoms with Gasteiger partial charge in [0.25, 0.3) is 15.7 Å². The fraction of sp³-hybridized carbons (Fsp3) is 0.